The van der Waals surface area contributed by atoms with Gasteiger partial charge in [-0.25, -0.2) is 0 Å². The van der Waals surface area contributed by atoms with E-state index >= 15 is 0 Å². The maximum Gasteiger partial charge on any atom is 0.251 e. The molecule has 1 fully saturated rings. The number of para-hydroxylation sites is 1. The van der Waals surface area contributed by atoms with Gasteiger partial charge in [-0.1, -0.05) is 30.3 Å². The van der Waals surface area contributed by atoms with E-state index in [1.54, 1.807) is 19.2 Å². The number of nitrogens with zero attached hydrogens (tertiary/aromatic N) is 1. The van der Waals surface area contributed by atoms with Gasteiger partial charge in [-0.15, -0.1) is 0 Å². The van der Waals surface area contributed by atoms with Crippen LogP contribution in [0.4, 0.5) is 0 Å². The molecule has 0 unspecified atom stereocenters. The fourth-order valence-electron chi connectivity index (χ4n) is 3.46. The SMILES string of the molecule is COc1ccccc1CC(=O)N1CCC(NC(=O)c2ccc(CN)cc2)CC1. The molecule has 1 aliphatic heterocycles. The van der Waals surface area contributed by atoms with Crippen LogP contribution in [-0.4, -0.2) is 43.0 Å². The topological polar surface area (TPSA) is 84.7 Å². The van der Waals surface area contributed by atoms with Gasteiger partial charge in [-0.2, -0.15) is 0 Å². The zero-order valence-corrected chi connectivity index (χ0v) is 16.2. The molecule has 1 aliphatic rings. The Hall–Kier alpha value is -2.86. The summed E-state index contributed by atoms with van der Waals surface area (Å²) in [7, 11) is 1.61. The van der Waals surface area contributed by atoms with Crippen molar-refractivity contribution < 1.29 is 14.3 Å². The second kappa shape index (κ2) is 9.37. The number of hydrogen-bond donors (Lipinski definition) is 2. The largest absolute Gasteiger partial charge is 0.496 e. The predicted octanol–water partition coefficient (Wildman–Crippen LogP) is 2.12. The van der Waals surface area contributed by atoms with Crippen molar-refractivity contribution in [1.82, 2.24) is 10.2 Å². The molecule has 0 aromatic heterocycles. The highest BCUT2D eigenvalue weighted by Gasteiger charge is 2.24. The molecule has 2 aromatic carbocycles. The van der Waals surface area contributed by atoms with Crippen LogP contribution in [0.2, 0.25) is 0 Å². The molecule has 0 saturated carbocycles. The number of nitrogens with two attached hydrogens (primary N) is 1. The van der Waals surface area contributed by atoms with Crippen LogP contribution in [0.3, 0.4) is 0 Å². The Bertz CT molecular complexity index is 812. The Balaban J connectivity index is 1.49. The molecule has 6 nitrogen and oxygen atoms in total. The lowest BCUT2D eigenvalue weighted by Gasteiger charge is -2.32. The minimum Gasteiger partial charge on any atom is -0.496 e. The molecule has 28 heavy (non-hydrogen) atoms. The fourth-order valence-corrected chi connectivity index (χ4v) is 3.46. The van der Waals surface area contributed by atoms with E-state index in [2.05, 4.69) is 5.32 Å². The van der Waals surface area contributed by atoms with Gasteiger partial charge < -0.3 is 20.7 Å². The number of benzene rings is 2. The van der Waals surface area contributed by atoms with Crippen LogP contribution in [0.1, 0.15) is 34.3 Å². The lowest BCUT2D eigenvalue weighted by atomic mass is 10.0. The monoisotopic (exact) mass is 381 g/mol. The van der Waals surface area contributed by atoms with Crippen LogP contribution < -0.4 is 15.8 Å². The molecule has 2 amide bonds. The van der Waals surface area contributed by atoms with Gasteiger partial charge in [-0.3, -0.25) is 9.59 Å². The summed E-state index contributed by atoms with van der Waals surface area (Å²) in [6, 6.07) is 15.0. The molecule has 0 aliphatic carbocycles. The van der Waals surface area contributed by atoms with Crippen molar-refractivity contribution in [2.75, 3.05) is 20.2 Å². The Morgan fingerprint density at radius 1 is 1.11 bits per heavy atom. The standard InChI is InChI=1S/C22H27N3O3/c1-28-20-5-3-2-4-18(20)14-21(26)25-12-10-19(11-13-25)24-22(27)17-8-6-16(15-23)7-9-17/h2-9,19H,10-15,23H2,1H3,(H,24,27). The van der Waals surface area contributed by atoms with Gasteiger partial charge in [-0.05, 0) is 36.6 Å². The Kier molecular flexibility index (Phi) is 6.66. The summed E-state index contributed by atoms with van der Waals surface area (Å²) in [6.07, 6.45) is 1.84. The maximum absolute atomic E-state index is 12.6. The van der Waals surface area contributed by atoms with Gasteiger partial charge in [0.25, 0.3) is 5.91 Å². The third-order valence-electron chi connectivity index (χ3n) is 5.17. The highest BCUT2D eigenvalue weighted by atomic mass is 16.5. The number of carbonyl (C=O) groups excluding carboxylic acids is 2. The van der Waals surface area contributed by atoms with E-state index in [4.69, 9.17) is 10.5 Å². The minimum absolute atomic E-state index is 0.0806. The molecule has 1 saturated heterocycles. The van der Waals surface area contributed by atoms with Crippen molar-refractivity contribution in [2.45, 2.75) is 31.8 Å². The molecule has 0 spiro atoms. The quantitative estimate of drug-likeness (QED) is 0.803. The smallest absolute Gasteiger partial charge is 0.251 e. The van der Waals surface area contributed by atoms with Crippen LogP contribution >= 0.6 is 0 Å². The van der Waals surface area contributed by atoms with Crippen molar-refractivity contribution in [3.05, 3.63) is 65.2 Å². The molecule has 148 valence electrons. The van der Waals surface area contributed by atoms with Gasteiger partial charge in [0.15, 0.2) is 0 Å². The summed E-state index contributed by atoms with van der Waals surface area (Å²) in [6.45, 7) is 1.75. The van der Waals surface area contributed by atoms with Crippen molar-refractivity contribution in [2.24, 2.45) is 5.73 Å². The number of methoxy groups -OCH3 is 1. The zero-order chi connectivity index (χ0) is 19.9. The Morgan fingerprint density at radius 2 is 1.79 bits per heavy atom. The average molecular weight is 381 g/mol. The molecule has 2 aromatic rings. The number of amides is 2. The van der Waals surface area contributed by atoms with Crippen molar-refractivity contribution in [3.8, 4) is 5.75 Å². The number of hydrogen-bond acceptors (Lipinski definition) is 4. The van der Waals surface area contributed by atoms with E-state index in [1.165, 1.54) is 0 Å². The zero-order valence-electron chi connectivity index (χ0n) is 16.2. The van der Waals surface area contributed by atoms with Crippen LogP contribution in [0.5, 0.6) is 5.75 Å². The van der Waals surface area contributed by atoms with Gasteiger partial charge in [0, 0.05) is 36.8 Å². The Morgan fingerprint density at radius 3 is 2.43 bits per heavy atom. The van der Waals surface area contributed by atoms with E-state index < -0.39 is 0 Å². The van der Waals surface area contributed by atoms with Crippen molar-refractivity contribution >= 4 is 11.8 Å². The third-order valence-corrected chi connectivity index (χ3v) is 5.17. The summed E-state index contributed by atoms with van der Waals surface area (Å²) in [4.78, 5) is 26.9. The highest BCUT2D eigenvalue weighted by molar-refractivity contribution is 5.94. The van der Waals surface area contributed by atoms with E-state index in [-0.39, 0.29) is 17.9 Å². The molecule has 0 bridgehead atoms. The van der Waals surface area contributed by atoms with E-state index in [1.807, 2.05) is 41.3 Å². The summed E-state index contributed by atoms with van der Waals surface area (Å²) >= 11 is 0. The first-order valence-electron chi connectivity index (χ1n) is 9.60. The molecular formula is C22H27N3O3. The lowest BCUT2D eigenvalue weighted by Crippen LogP contribution is -2.47. The summed E-state index contributed by atoms with van der Waals surface area (Å²) in [5.74, 6) is 0.743. The molecular weight excluding hydrogens is 354 g/mol. The molecule has 0 atom stereocenters. The van der Waals surface area contributed by atoms with Gasteiger partial charge in [0.05, 0.1) is 13.5 Å². The van der Waals surface area contributed by atoms with Crippen LogP contribution in [0.25, 0.3) is 0 Å². The number of likely N-dealkylation sites (tertiary alicyclic amines) is 1. The summed E-state index contributed by atoms with van der Waals surface area (Å²) < 4.78 is 5.33. The van der Waals surface area contributed by atoms with Gasteiger partial charge in [0.2, 0.25) is 5.91 Å². The highest BCUT2D eigenvalue weighted by Crippen LogP contribution is 2.20. The van der Waals surface area contributed by atoms with Gasteiger partial charge >= 0.3 is 0 Å². The second-order valence-corrected chi connectivity index (χ2v) is 7.02. The van der Waals surface area contributed by atoms with E-state index in [0.717, 1.165) is 29.7 Å². The molecule has 6 heteroatoms. The third kappa shape index (κ3) is 4.89. The van der Waals surface area contributed by atoms with E-state index in [0.29, 0.717) is 31.6 Å². The predicted molar refractivity (Wildman–Crippen MR) is 108 cm³/mol. The van der Waals surface area contributed by atoms with E-state index in [9.17, 15) is 9.59 Å². The number of piperidine rings is 1. The molecule has 3 N–H and O–H groups in total. The summed E-state index contributed by atoms with van der Waals surface area (Å²) in [5, 5.41) is 3.07. The van der Waals surface area contributed by atoms with Gasteiger partial charge in [0.1, 0.15) is 5.75 Å². The first-order chi connectivity index (χ1) is 13.6. The van der Waals surface area contributed by atoms with Crippen molar-refractivity contribution in [1.29, 1.82) is 0 Å². The second-order valence-electron chi connectivity index (χ2n) is 7.02. The first kappa shape index (κ1) is 19.9. The summed E-state index contributed by atoms with van der Waals surface area (Å²) in [5.41, 5.74) is 8.11. The number of nitrogens with one attached hydrogen (secondary N) is 1. The molecule has 3 rings (SSSR count). The van der Waals surface area contributed by atoms with Crippen LogP contribution in [0, 0.1) is 0 Å². The molecule has 1 heterocycles. The normalized spacial score (nSPS) is 14.6. The van der Waals surface area contributed by atoms with Crippen LogP contribution in [0.15, 0.2) is 48.5 Å². The number of ether oxygens (including phenoxy) is 1. The molecule has 0 radical (unpaired) electrons. The average Bonchev–Trinajstić information content (AvgIpc) is 2.74. The fraction of sp³-hybridized carbons (Fsp3) is 0.364. The van der Waals surface area contributed by atoms with Crippen LogP contribution in [-0.2, 0) is 17.8 Å². The lowest BCUT2D eigenvalue weighted by molar-refractivity contribution is -0.131. The Labute approximate surface area is 165 Å². The van der Waals surface area contributed by atoms with Crippen molar-refractivity contribution in [3.63, 3.8) is 0 Å². The maximum atomic E-state index is 12.6. The first-order valence-corrected chi connectivity index (χ1v) is 9.60. The number of rotatable bonds is 6. The minimum atomic E-state index is -0.0811. The number of carbonyl (C=O) groups is 2.